The number of urea groups is 1. The smallest absolute Gasteiger partial charge is 0.392 e. The van der Waals surface area contributed by atoms with Crippen LogP contribution in [-0.4, -0.2) is 17.2 Å². The summed E-state index contributed by atoms with van der Waals surface area (Å²) in [4.78, 5) is 11.9. The van der Waals surface area contributed by atoms with Crippen molar-refractivity contribution in [1.29, 1.82) is 0 Å². The van der Waals surface area contributed by atoms with Crippen LogP contribution in [0.15, 0.2) is 48.5 Å². The van der Waals surface area contributed by atoms with Crippen LogP contribution in [0.25, 0.3) is 0 Å². The highest BCUT2D eigenvalue weighted by Gasteiger charge is 2.29. The lowest BCUT2D eigenvalue weighted by Crippen LogP contribution is -2.41. The molecule has 1 unspecified atom stereocenters. The van der Waals surface area contributed by atoms with Gasteiger partial charge in [0.05, 0.1) is 12.2 Å². The van der Waals surface area contributed by atoms with Gasteiger partial charge in [-0.3, -0.25) is 0 Å². The van der Waals surface area contributed by atoms with Gasteiger partial charge in [0, 0.05) is 12.6 Å². The Morgan fingerprint density at radius 1 is 1.08 bits per heavy atom. The molecule has 0 aromatic heterocycles. The largest absolute Gasteiger partial charge is 0.416 e. The summed E-state index contributed by atoms with van der Waals surface area (Å²) < 4.78 is 37.6. The topological polar surface area (TPSA) is 61.4 Å². The molecule has 4 nitrogen and oxygen atoms in total. The Balaban J connectivity index is 1.81. The van der Waals surface area contributed by atoms with E-state index in [1.54, 1.807) is 25.1 Å². The van der Waals surface area contributed by atoms with E-state index in [4.69, 9.17) is 5.11 Å². The average molecular weight is 366 g/mol. The highest BCUT2D eigenvalue weighted by molar-refractivity contribution is 5.74. The number of carbonyl (C=O) groups is 1. The van der Waals surface area contributed by atoms with Crippen molar-refractivity contribution in [2.24, 2.45) is 0 Å². The van der Waals surface area contributed by atoms with Crippen molar-refractivity contribution >= 4 is 6.03 Å². The van der Waals surface area contributed by atoms with Gasteiger partial charge in [0.15, 0.2) is 0 Å². The van der Waals surface area contributed by atoms with Gasteiger partial charge < -0.3 is 15.7 Å². The fraction of sp³-hybridized carbons (Fsp3) is 0.316. The predicted octanol–water partition coefficient (Wildman–Crippen LogP) is 3.63. The van der Waals surface area contributed by atoms with Gasteiger partial charge in [-0.25, -0.2) is 4.79 Å². The molecule has 140 valence electrons. The number of carbonyl (C=O) groups excluding carboxylic acids is 1. The number of benzene rings is 2. The Bertz CT molecular complexity index is 730. The van der Waals surface area contributed by atoms with Crippen molar-refractivity contribution < 1.29 is 23.1 Å². The molecule has 0 aliphatic carbocycles. The van der Waals surface area contributed by atoms with E-state index in [0.29, 0.717) is 18.5 Å². The van der Waals surface area contributed by atoms with Crippen molar-refractivity contribution in [2.75, 3.05) is 0 Å². The lowest BCUT2D eigenvalue weighted by atomic mass is 10.1. The second kappa shape index (κ2) is 8.71. The van der Waals surface area contributed by atoms with Gasteiger partial charge in [0.2, 0.25) is 0 Å². The number of hydrogen-bond donors (Lipinski definition) is 3. The van der Waals surface area contributed by atoms with Crippen LogP contribution in [0, 0.1) is 0 Å². The van der Waals surface area contributed by atoms with Gasteiger partial charge in [0.25, 0.3) is 0 Å². The van der Waals surface area contributed by atoms with Crippen LogP contribution in [0.2, 0.25) is 0 Å². The summed E-state index contributed by atoms with van der Waals surface area (Å²) in [5, 5.41) is 14.6. The van der Waals surface area contributed by atoms with Crippen LogP contribution < -0.4 is 10.6 Å². The molecule has 7 heteroatoms. The average Bonchev–Trinajstić information content (AvgIpc) is 2.59. The Hall–Kier alpha value is -2.54. The standard InChI is InChI=1S/C19H21F3N2O2/c1-13(9-14-5-7-17(8-6-14)19(20,21)22)24-18(26)23-11-15-3-2-4-16(10-15)12-25/h2-8,10,13,25H,9,11-12H2,1H3,(H2,23,24,26). The van der Waals surface area contributed by atoms with Gasteiger partial charge in [-0.2, -0.15) is 13.2 Å². The second-order valence-corrected chi connectivity index (χ2v) is 6.10. The molecule has 0 aliphatic rings. The predicted molar refractivity (Wildman–Crippen MR) is 92.3 cm³/mol. The fourth-order valence-corrected chi connectivity index (χ4v) is 2.53. The normalized spacial score (nSPS) is 12.5. The zero-order chi connectivity index (χ0) is 19.2. The SMILES string of the molecule is CC(Cc1ccc(C(F)(F)F)cc1)NC(=O)NCc1cccc(CO)c1. The molecule has 2 aromatic rings. The van der Waals surface area contributed by atoms with Crippen molar-refractivity contribution in [2.45, 2.75) is 38.7 Å². The number of amides is 2. The maximum Gasteiger partial charge on any atom is 0.416 e. The summed E-state index contributed by atoms with van der Waals surface area (Å²) in [6.45, 7) is 2.03. The van der Waals surface area contributed by atoms with Crippen LogP contribution >= 0.6 is 0 Å². The van der Waals surface area contributed by atoms with E-state index < -0.39 is 11.7 Å². The Morgan fingerprint density at radius 2 is 1.73 bits per heavy atom. The molecule has 2 amide bonds. The van der Waals surface area contributed by atoms with Crippen molar-refractivity contribution in [1.82, 2.24) is 10.6 Å². The molecule has 0 heterocycles. The number of hydrogen-bond acceptors (Lipinski definition) is 2. The first-order chi connectivity index (χ1) is 12.3. The number of alkyl halides is 3. The van der Waals surface area contributed by atoms with Crippen LogP contribution in [0.5, 0.6) is 0 Å². The molecule has 1 atom stereocenters. The first kappa shape index (κ1) is 19.8. The third-order valence-corrected chi connectivity index (χ3v) is 3.83. The lowest BCUT2D eigenvalue weighted by molar-refractivity contribution is -0.137. The van der Waals surface area contributed by atoms with E-state index in [2.05, 4.69) is 10.6 Å². The molecular formula is C19H21F3N2O2. The first-order valence-electron chi connectivity index (χ1n) is 8.17. The van der Waals surface area contributed by atoms with E-state index in [1.807, 2.05) is 6.07 Å². The molecule has 0 fully saturated rings. The minimum Gasteiger partial charge on any atom is -0.392 e. The molecule has 2 rings (SSSR count). The molecular weight excluding hydrogens is 345 g/mol. The first-order valence-corrected chi connectivity index (χ1v) is 8.17. The maximum atomic E-state index is 12.5. The fourth-order valence-electron chi connectivity index (χ4n) is 2.53. The lowest BCUT2D eigenvalue weighted by Gasteiger charge is -2.15. The molecule has 0 spiro atoms. The van der Waals surface area contributed by atoms with E-state index in [1.165, 1.54) is 12.1 Å². The Kier molecular flexibility index (Phi) is 6.63. The number of aliphatic hydroxyl groups is 1. The molecule has 0 radical (unpaired) electrons. The zero-order valence-corrected chi connectivity index (χ0v) is 14.3. The second-order valence-electron chi connectivity index (χ2n) is 6.10. The summed E-state index contributed by atoms with van der Waals surface area (Å²) in [6.07, 6.45) is -3.93. The van der Waals surface area contributed by atoms with E-state index in [-0.39, 0.29) is 18.7 Å². The van der Waals surface area contributed by atoms with Gasteiger partial charge in [0.1, 0.15) is 0 Å². The van der Waals surface area contributed by atoms with Crippen molar-refractivity contribution in [3.63, 3.8) is 0 Å². The summed E-state index contributed by atoms with van der Waals surface area (Å²) in [7, 11) is 0. The monoisotopic (exact) mass is 366 g/mol. The Morgan fingerprint density at radius 3 is 2.35 bits per heavy atom. The molecule has 0 saturated heterocycles. The van der Waals surface area contributed by atoms with E-state index in [9.17, 15) is 18.0 Å². The third kappa shape index (κ3) is 6.07. The van der Waals surface area contributed by atoms with Crippen LogP contribution in [0.4, 0.5) is 18.0 Å². The van der Waals surface area contributed by atoms with Crippen molar-refractivity contribution in [3.8, 4) is 0 Å². The molecule has 0 saturated carbocycles. The molecule has 3 N–H and O–H groups in total. The summed E-state index contributed by atoms with van der Waals surface area (Å²) >= 11 is 0. The molecule has 0 bridgehead atoms. The number of rotatable bonds is 6. The zero-order valence-electron chi connectivity index (χ0n) is 14.3. The van der Waals surface area contributed by atoms with Crippen LogP contribution in [-0.2, 0) is 25.7 Å². The highest BCUT2D eigenvalue weighted by atomic mass is 19.4. The van der Waals surface area contributed by atoms with Gasteiger partial charge in [-0.15, -0.1) is 0 Å². The molecule has 26 heavy (non-hydrogen) atoms. The van der Waals surface area contributed by atoms with Crippen LogP contribution in [0.1, 0.15) is 29.2 Å². The number of nitrogens with one attached hydrogen (secondary N) is 2. The van der Waals surface area contributed by atoms with E-state index in [0.717, 1.165) is 23.3 Å². The quantitative estimate of drug-likeness (QED) is 0.731. The maximum absolute atomic E-state index is 12.5. The Labute approximate surface area is 150 Å². The van der Waals surface area contributed by atoms with E-state index >= 15 is 0 Å². The number of aliphatic hydroxyl groups excluding tert-OH is 1. The van der Waals surface area contributed by atoms with Crippen molar-refractivity contribution in [3.05, 3.63) is 70.8 Å². The summed E-state index contributed by atoms with van der Waals surface area (Å²) in [6, 6.07) is 11.5. The highest BCUT2D eigenvalue weighted by Crippen LogP contribution is 2.29. The minimum atomic E-state index is -4.35. The minimum absolute atomic E-state index is 0.0653. The van der Waals surface area contributed by atoms with Gasteiger partial charge in [-0.1, -0.05) is 36.4 Å². The summed E-state index contributed by atoms with van der Waals surface area (Å²) in [5.74, 6) is 0. The van der Waals surface area contributed by atoms with Crippen LogP contribution in [0.3, 0.4) is 0 Å². The van der Waals surface area contributed by atoms with Gasteiger partial charge >= 0.3 is 12.2 Å². The van der Waals surface area contributed by atoms with Gasteiger partial charge in [-0.05, 0) is 42.2 Å². The molecule has 0 aliphatic heterocycles. The molecule has 2 aromatic carbocycles. The third-order valence-electron chi connectivity index (χ3n) is 3.83. The number of halogens is 3. The summed E-state index contributed by atoms with van der Waals surface area (Å²) in [5.41, 5.74) is 1.65.